The van der Waals surface area contributed by atoms with Crippen LogP contribution < -0.4 is 4.74 Å². The molecule has 1 atom stereocenters. The van der Waals surface area contributed by atoms with Gasteiger partial charge in [0.05, 0.1) is 6.20 Å². The highest BCUT2D eigenvalue weighted by Gasteiger charge is 2.33. The number of ether oxygens (including phenoxy) is 1. The van der Waals surface area contributed by atoms with Crippen LogP contribution in [0.4, 0.5) is 8.78 Å². The van der Waals surface area contributed by atoms with Crippen LogP contribution in [-0.4, -0.2) is 28.9 Å². The summed E-state index contributed by atoms with van der Waals surface area (Å²) in [6, 6.07) is 10.1. The van der Waals surface area contributed by atoms with Crippen molar-refractivity contribution < 1.29 is 22.7 Å². The number of aromatic nitrogens is 1. The summed E-state index contributed by atoms with van der Waals surface area (Å²) in [6.45, 7) is 0.180. The van der Waals surface area contributed by atoms with Crippen molar-refractivity contribution >= 4 is 17.5 Å². The zero-order chi connectivity index (χ0) is 21.1. The van der Waals surface area contributed by atoms with Gasteiger partial charge in [-0.05, 0) is 42.7 Å². The first kappa shape index (κ1) is 20.3. The van der Waals surface area contributed by atoms with Crippen LogP contribution >= 0.6 is 11.6 Å². The van der Waals surface area contributed by atoms with Crippen molar-refractivity contribution in [2.45, 2.75) is 25.3 Å². The molecule has 0 unspecified atom stereocenters. The second kappa shape index (κ2) is 8.83. The zero-order valence-corrected chi connectivity index (χ0v) is 16.7. The van der Waals surface area contributed by atoms with Gasteiger partial charge in [0.1, 0.15) is 17.6 Å². The van der Waals surface area contributed by atoms with Gasteiger partial charge < -0.3 is 14.1 Å². The second-order valence-electron chi connectivity index (χ2n) is 7.08. The van der Waals surface area contributed by atoms with Crippen LogP contribution in [0.3, 0.4) is 0 Å². The van der Waals surface area contributed by atoms with E-state index in [1.807, 2.05) is 18.2 Å². The molecule has 156 valence electrons. The molecule has 0 spiro atoms. The number of carbonyl (C=O) groups is 1. The van der Waals surface area contributed by atoms with E-state index in [4.69, 9.17) is 20.8 Å². The first-order valence-corrected chi connectivity index (χ1v) is 9.94. The summed E-state index contributed by atoms with van der Waals surface area (Å²) in [4.78, 5) is 18.6. The molecule has 0 bridgehead atoms. The van der Waals surface area contributed by atoms with Gasteiger partial charge in [-0.1, -0.05) is 23.7 Å². The predicted octanol–water partition coefficient (Wildman–Crippen LogP) is 4.94. The van der Waals surface area contributed by atoms with Crippen LogP contribution in [0.1, 0.15) is 36.1 Å². The molecule has 5 nitrogen and oxygen atoms in total. The molecule has 3 aromatic rings. The lowest BCUT2D eigenvalue weighted by molar-refractivity contribution is -0.134. The molecule has 1 aliphatic heterocycles. The quantitative estimate of drug-likeness (QED) is 0.553. The van der Waals surface area contributed by atoms with Crippen LogP contribution in [0.15, 0.2) is 53.1 Å². The van der Waals surface area contributed by atoms with Crippen LogP contribution in [0, 0.1) is 11.6 Å². The maximum Gasteiger partial charge on any atom is 0.261 e. The molecule has 2 aromatic carbocycles. The molecule has 0 aliphatic carbocycles. The fourth-order valence-electron chi connectivity index (χ4n) is 3.54. The van der Waals surface area contributed by atoms with E-state index in [1.165, 1.54) is 0 Å². The molecular formula is C22H19ClF2N2O3. The summed E-state index contributed by atoms with van der Waals surface area (Å²) < 4.78 is 37.8. The predicted molar refractivity (Wildman–Crippen MR) is 106 cm³/mol. The number of carbonyl (C=O) groups excluding carboxylic acids is 1. The number of benzene rings is 2. The van der Waals surface area contributed by atoms with Crippen molar-refractivity contribution in [3.63, 3.8) is 0 Å². The Morgan fingerprint density at radius 2 is 2.13 bits per heavy atom. The molecule has 1 aliphatic rings. The molecule has 1 saturated heterocycles. The van der Waals surface area contributed by atoms with Crippen LogP contribution in [-0.2, 0) is 11.2 Å². The average Bonchev–Trinajstić information content (AvgIpc) is 3.36. The SMILES string of the molecule is O=C(COc1ccc(F)cc1F)N1CCC[C@H]1c1ncc(Cc2cccc(Cl)c2)o1. The van der Waals surface area contributed by atoms with Crippen molar-refractivity contribution in [1.29, 1.82) is 0 Å². The van der Waals surface area contributed by atoms with Gasteiger partial charge in [-0.3, -0.25) is 4.79 Å². The minimum absolute atomic E-state index is 0.166. The molecule has 1 fully saturated rings. The fourth-order valence-corrected chi connectivity index (χ4v) is 3.76. The molecule has 1 aromatic heterocycles. The van der Waals surface area contributed by atoms with E-state index < -0.39 is 11.6 Å². The number of hydrogen-bond acceptors (Lipinski definition) is 4. The third-order valence-corrected chi connectivity index (χ3v) is 5.18. The highest BCUT2D eigenvalue weighted by molar-refractivity contribution is 6.30. The van der Waals surface area contributed by atoms with Gasteiger partial charge in [0.25, 0.3) is 5.91 Å². The molecular weight excluding hydrogens is 414 g/mol. The van der Waals surface area contributed by atoms with Crippen molar-refractivity contribution in [2.24, 2.45) is 0 Å². The van der Waals surface area contributed by atoms with Crippen molar-refractivity contribution in [3.05, 3.63) is 82.5 Å². The van der Waals surface area contributed by atoms with Crippen molar-refractivity contribution in [3.8, 4) is 5.75 Å². The Balaban J connectivity index is 1.40. The minimum Gasteiger partial charge on any atom is -0.481 e. The van der Waals surface area contributed by atoms with E-state index in [9.17, 15) is 13.6 Å². The Morgan fingerprint density at radius 3 is 2.93 bits per heavy atom. The van der Waals surface area contributed by atoms with Crippen molar-refractivity contribution in [1.82, 2.24) is 9.88 Å². The lowest BCUT2D eigenvalue weighted by atomic mass is 10.1. The number of hydrogen-bond donors (Lipinski definition) is 0. The van der Waals surface area contributed by atoms with Gasteiger partial charge in [-0.2, -0.15) is 0 Å². The van der Waals surface area contributed by atoms with E-state index in [0.29, 0.717) is 42.1 Å². The summed E-state index contributed by atoms with van der Waals surface area (Å²) in [5.41, 5.74) is 0.999. The molecule has 2 heterocycles. The molecule has 0 radical (unpaired) electrons. The number of oxazole rings is 1. The van der Waals surface area contributed by atoms with Gasteiger partial charge in [0.2, 0.25) is 5.89 Å². The lowest BCUT2D eigenvalue weighted by Gasteiger charge is -2.22. The largest absolute Gasteiger partial charge is 0.481 e. The molecule has 0 N–H and O–H groups in total. The first-order chi connectivity index (χ1) is 14.5. The lowest BCUT2D eigenvalue weighted by Crippen LogP contribution is -2.34. The average molecular weight is 433 g/mol. The van der Waals surface area contributed by atoms with E-state index in [2.05, 4.69) is 4.98 Å². The summed E-state index contributed by atoms with van der Waals surface area (Å²) in [5.74, 6) is -0.888. The summed E-state index contributed by atoms with van der Waals surface area (Å²) in [5, 5.41) is 0.650. The minimum atomic E-state index is -0.848. The summed E-state index contributed by atoms with van der Waals surface area (Å²) >= 11 is 6.02. The van der Waals surface area contributed by atoms with Crippen molar-refractivity contribution in [2.75, 3.05) is 13.2 Å². The van der Waals surface area contributed by atoms with Crippen LogP contribution in [0.25, 0.3) is 0 Å². The highest BCUT2D eigenvalue weighted by atomic mass is 35.5. The third-order valence-electron chi connectivity index (χ3n) is 4.94. The zero-order valence-electron chi connectivity index (χ0n) is 16.0. The monoisotopic (exact) mass is 432 g/mol. The standard InChI is InChI=1S/C22H19ClF2N2O3/c23-15-4-1-3-14(9-15)10-17-12-26-22(30-17)19-5-2-8-27(19)21(28)13-29-20-7-6-16(24)11-18(20)25/h1,3-4,6-7,9,11-12,19H,2,5,8,10,13H2/t19-/m0/s1. The third kappa shape index (κ3) is 4.62. The Hall–Kier alpha value is -2.93. The van der Waals surface area contributed by atoms with Crippen LogP contribution in [0.2, 0.25) is 5.02 Å². The molecule has 0 saturated carbocycles. The first-order valence-electron chi connectivity index (χ1n) is 9.56. The van der Waals surface area contributed by atoms with Gasteiger partial charge in [0, 0.05) is 24.1 Å². The summed E-state index contributed by atoms with van der Waals surface area (Å²) in [7, 11) is 0. The maximum atomic E-state index is 13.7. The van der Waals surface area contributed by atoms with Gasteiger partial charge in [-0.15, -0.1) is 0 Å². The Labute approximate surface area is 177 Å². The smallest absolute Gasteiger partial charge is 0.261 e. The highest BCUT2D eigenvalue weighted by Crippen LogP contribution is 2.32. The van der Waals surface area contributed by atoms with Gasteiger partial charge in [0.15, 0.2) is 18.2 Å². The topological polar surface area (TPSA) is 55.6 Å². The van der Waals surface area contributed by atoms with E-state index >= 15 is 0 Å². The second-order valence-corrected chi connectivity index (χ2v) is 7.52. The molecule has 1 amide bonds. The maximum absolute atomic E-state index is 13.7. The molecule has 4 rings (SSSR count). The summed E-state index contributed by atoms with van der Waals surface area (Å²) in [6.07, 6.45) is 3.71. The van der Waals surface area contributed by atoms with Gasteiger partial charge in [-0.25, -0.2) is 13.8 Å². The Bertz CT molecular complexity index is 1060. The van der Waals surface area contributed by atoms with E-state index in [0.717, 1.165) is 24.1 Å². The number of amides is 1. The van der Waals surface area contributed by atoms with Crippen LogP contribution in [0.5, 0.6) is 5.75 Å². The van der Waals surface area contributed by atoms with E-state index in [1.54, 1.807) is 17.2 Å². The Morgan fingerprint density at radius 1 is 1.27 bits per heavy atom. The molecule has 30 heavy (non-hydrogen) atoms. The number of rotatable bonds is 6. The van der Waals surface area contributed by atoms with Gasteiger partial charge >= 0.3 is 0 Å². The fraction of sp³-hybridized carbons (Fsp3) is 0.273. The normalized spacial score (nSPS) is 16.1. The molecule has 8 heteroatoms. The van der Waals surface area contributed by atoms with E-state index in [-0.39, 0.29) is 24.3 Å². The number of nitrogens with zero attached hydrogens (tertiary/aromatic N) is 2. The Kier molecular flexibility index (Phi) is 5.99. The number of halogens is 3. The number of likely N-dealkylation sites (tertiary alicyclic amines) is 1.